The minimum absolute atomic E-state index is 0.0261. The normalized spacial score (nSPS) is 26.3. The molecular formula is C23H37BO6S. The molecule has 3 rings (SSSR count). The molecule has 2 aliphatic heterocycles. The van der Waals surface area contributed by atoms with Crippen molar-refractivity contribution < 1.29 is 27.6 Å². The Balaban J connectivity index is 1.82. The predicted molar refractivity (Wildman–Crippen MR) is 122 cm³/mol. The van der Waals surface area contributed by atoms with E-state index >= 15 is 0 Å². The van der Waals surface area contributed by atoms with Crippen LogP contribution in [-0.4, -0.2) is 55.9 Å². The van der Waals surface area contributed by atoms with E-state index in [0.717, 1.165) is 16.6 Å². The van der Waals surface area contributed by atoms with Gasteiger partial charge in [-0.15, -0.1) is 0 Å². The van der Waals surface area contributed by atoms with E-state index in [0.29, 0.717) is 24.3 Å². The largest absolute Gasteiger partial charge is 0.495 e. The van der Waals surface area contributed by atoms with Crippen LogP contribution in [0.1, 0.15) is 65.5 Å². The van der Waals surface area contributed by atoms with Crippen molar-refractivity contribution in [3.63, 3.8) is 0 Å². The average molecular weight is 452 g/mol. The fourth-order valence-corrected chi connectivity index (χ4v) is 6.22. The molecular weight excluding hydrogens is 415 g/mol. The van der Waals surface area contributed by atoms with Crippen molar-refractivity contribution in [2.24, 2.45) is 5.92 Å². The highest BCUT2D eigenvalue weighted by molar-refractivity contribution is 7.91. The summed E-state index contributed by atoms with van der Waals surface area (Å²) in [6, 6.07) is 3.63. The lowest BCUT2D eigenvalue weighted by molar-refractivity contribution is -0.119. The van der Waals surface area contributed by atoms with Crippen LogP contribution in [0.3, 0.4) is 0 Å². The molecule has 1 aromatic rings. The molecule has 2 saturated heterocycles. The predicted octanol–water partition coefficient (Wildman–Crippen LogP) is 2.94. The lowest BCUT2D eigenvalue weighted by atomic mass is 9.76. The Labute approximate surface area is 187 Å². The molecule has 0 spiro atoms. The number of rotatable bonds is 5. The molecule has 2 atom stereocenters. The first kappa shape index (κ1) is 24.7. The summed E-state index contributed by atoms with van der Waals surface area (Å²) in [5.41, 5.74) is 0.516. The van der Waals surface area contributed by atoms with E-state index in [9.17, 15) is 13.5 Å². The van der Waals surface area contributed by atoms with E-state index in [1.807, 2.05) is 47.6 Å². The fraction of sp³-hybridized carbons (Fsp3) is 0.739. The van der Waals surface area contributed by atoms with Gasteiger partial charge in [-0.1, -0.05) is 11.6 Å². The maximum atomic E-state index is 13.3. The number of benzene rings is 1. The second kappa shape index (κ2) is 8.14. The summed E-state index contributed by atoms with van der Waals surface area (Å²) in [6.07, 6.45) is 1.10. The van der Waals surface area contributed by atoms with Crippen LogP contribution < -0.4 is 5.46 Å². The first-order chi connectivity index (χ1) is 14.0. The van der Waals surface area contributed by atoms with Gasteiger partial charge in [0.15, 0.2) is 9.84 Å². The molecule has 8 heteroatoms. The van der Waals surface area contributed by atoms with Gasteiger partial charge in [0.2, 0.25) is 0 Å². The van der Waals surface area contributed by atoms with E-state index in [1.54, 1.807) is 19.9 Å². The zero-order valence-electron chi connectivity index (χ0n) is 20.1. The molecule has 0 aromatic heterocycles. The second-order valence-corrected chi connectivity index (χ2v) is 12.8. The summed E-state index contributed by atoms with van der Waals surface area (Å²) in [6.45, 7) is 15.5. The smallest absolute Gasteiger partial charge is 0.399 e. The standard InChI is InChI=1S/C23H37BO6S/c1-15-11-16(2)19(12-18(15)24-29-22(5,6)23(7,8)30-24)31(26,27)14-17-9-10-20(28-13-17)21(3,4)25/h11-12,17,20,25H,9-10,13-14H2,1-8H3/t17-,20+/m1/s1. The summed E-state index contributed by atoms with van der Waals surface area (Å²) in [5, 5.41) is 10.1. The van der Waals surface area contributed by atoms with Gasteiger partial charge in [-0.05, 0) is 91.2 Å². The van der Waals surface area contributed by atoms with E-state index in [-0.39, 0.29) is 17.8 Å². The minimum Gasteiger partial charge on any atom is -0.399 e. The Morgan fingerprint density at radius 1 is 1.06 bits per heavy atom. The van der Waals surface area contributed by atoms with Gasteiger partial charge in [0.1, 0.15) is 0 Å². The first-order valence-electron chi connectivity index (χ1n) is 11.1. The number of hydrogen-bond donors (Lipinski definition) is 1. The molecule has 2 fully saturated rings. The second-order valence-electron chi connectivity index (χ2n) is 10.8. The molecule has 2 aliphatic rings. The van der Waals surface area contributed by atoms with Gasteiger partial charge in [0.05, 0.1) is 40.2 Å². The van der Waals surface area contributed by atoms with Crippen LogP contribution in [0.4, 0.5) is 0 Å². The third kappa shape index (κ3) is 5.03. The average Bonchev–Trinajstić information content (AvgIpc) is 2.81. The SMILES string of the molecule is Cc1cc(C)c(S(=O)(=O)C[C@@H]2CC[C@@H](C(C)(C)O)OC2)cc1B1OC(C)(C)C(C)(C)O1. The van der Waals surface area contributed by atoms with Crippen LogP contribution in [0.15, 0.2) is 17.0 Å². The topological polar surface area (TPSA) is 82.1 Å². The Morgan fingerprint density at radius 3 is 2.13 bits per heavy atom. The Bertz CT molecular complexity index is 908. The number of sulfone groups is 1. The Morgan fingerprint density at radius 2 is 1.65 bits per heavy atom. The van der Waals surface area contributed by atoms with Crippen molar-refractivity contribution in [3.8, 4) is 0 Å². The molecule has 1 aromatic carbocycles. The Hall–Kier alpha value is -0.925. The summed E-state index contributed by atoms with van der Waals surface area (Å²) < 4.78 is 44.8. The quantitative estimate of drug-likeness (QED) is 0.692. The number of aliphatic hydroxyl groups is 1. The molecule has 174 valence electrons. The van der Waals surface area contributed by atoms with Gasteiger partial charge in [-0.2, -0.15) is 0 Å². The highest BCUT2D eigenvalue weighted by Gasteiger charge is 2.52. The van der Waals surface area contributed by atoms with Gasteiger partial charge in [0.25, 0.3) is 0 Å². The zero-order chi connectivity index (χ0) is 23.4. The third-order valence-electron chi connectivity index (χ3n) is 7.02. The van der Waals surface area contributed by atoms with Gasteiger partial charge < -0.3 is 19.2 Å². The van der Waals surface area contributed by atoms with Crippen molar-refractivity contribution in [2.75, 3.05) is 12.4 Å². The van der Waals surface area contributed by atoms with Crippen LogP contribution in [0.5, 0.6) is 0 Å². The van der Waals surface area contributed by atoms with Crippen LogP contribution in [0.2, 0.25) is 0 Å². The summed E-state index contributed by atoms with van der Waals surface area (Å²) in [4.78, 5) is 0.326. The van der Waals surface area contributed by atoms with Gasteiger partial charge in [0, 0.05) is 0 Å². The molecule has 0 radical (unpaired) electrons. The van der Waals surface area contributed by atoms with Crippen molar-refractivity contribution in [1.82, 2.24) is 0 Å². The van der Waals surface area contributed by atoms with Gasteiger partial charge in [-0.3, -0.25) is 0 Å². The lowest BCUT2D eigenvalue weighted by Crippen LogP contribution is -2.43. The lowest BCUT2D eigenvalue weighted by Gasteiger charge is -2.35. The third-order valence-corrected chi connectivity index (χ3v) is 9.04. The van der Waals surface area contributed by atoms with Crippen LogP contribution >= 0.6 is 0 Å². The zero-order valence-corrected chi connectivity index (χ0v) is 20.9. The van der Waals surface area contributed by atoms with E-state index < -0.39 is 33.8 Å². The maximum absolute atomic E-state index is 13.3. The molecule has 6 nitrogen and oxygen atoms in total. The molecule has 0 bridgehead atoms. The van der Waals surface area contributed by atoms with Crippen molar-refractivity contribution in [2.45, 2.75) is 96.0 Å². The van der Waals surface area contributed by atoms with Gasteiger partial charge >= 0.3 is 7.12 Å². The highest BCUT2D eigenvalue weighted by atomic mass is 32.2. The van der Waals surface area contributed by atoms with Crippen LogP contribution in [0, 0.1) is 19.8 Å². The summed E-state index contributed by atoms with van der Waals surface area (Å²) >= 11 is 0. The van der Waals surface area contributed by atoms with Crippen molar-refractivity contribution >= 4 is 22.4 Å². The molecule has 0 saturated carbocycles. The van der Waals surface area contributed by atoms with E-state index in [2.05, 4.69) is 0 Å². The number of ether oxygens (including phenoxy) is 1. The number of hydrogen-bond acceptors (Lipinski definition) is 6. The first-order valence-corrected chi connectivity index (χ1v) is 12.7. The maximum Gasteiger partial charge on any atom is 0.495 e. The minimum atomic E-state index is -3.52. The van der Waals surface area contributed by atoms with Crippen molar-refractivity contribution in [1.29, 1.82) is 0 Å². The van der Waals surface area contributed by atoms with E-state index in [4.69, 9.17) is 14.0 Å². The molecule has 2 heterocycles. The summed E-state index contributed by atoms with van der Waals surface area (Å²) in [7, 11) is -4.13. The van der Waals surface area contributed by atoms with Crippen molar-refractivity contribution in [3.05, 3.63) is 23.3 Å². The van der Waals surface area contributed by atoms with Gasteiger partial charge in [-0.25, -0.2) is 8.42 Å². The molecule has 31 heavy (non-hydrogen) atoms. The molecule has 0 aliphatic carbocycles. The number of aryl methyl sites for hydroxylation is 2. The Kier molecular flexibility index (Phi) is 6.49. The van der Waals surface area contributed by atoms with E-state index in [1.165, 1.54) is 0 Å². The molecule has 1 N–H and O–H groups in total. The fourth-order valence-electron chi connectivity index (χ4n) is 4.30. The molecule has 0 amide bonds. The van der Waals surface area contributed by atoms with Crippen LogP contribution in [-0.2, 0) is 23.9 Å². The van der Waals surface area contributed by atoms with Crippen LogP contribution in [0.25, 0.3) is 0 Å². The monoisotopic (exact) mass is 452 g/mol. The summed E-state index contributed by atoms with van der Waals surface area (Å²) in [5.74, 6) is -0.0669. The molecule has 0 unspecified atom stereocenters. The highest BCUT2D eigenvalue weighted by Crippen LogP contribution is 2.37.